The molecule has 23 heavy (non-hydrogen) atoms. The zero-order valence-electron chi connectivity index (χ0n) is 12.1. The fourth-order valence-electron chi connectivity index (χ4n) is 3.01. The number of aromatic nitrogens is 1. The lowest BCUT2D eigenvalue weighted by Crippen LogP contribution is -2.16. The summed E-state index contributed by atoms with van der Waals surface area (Å²) in [6.45, 7) is 1.26. The summed E-state index contributed by atoms with van der Waals surface area (Å²) in [4.78, 5) is 16.8. The molecule has 1 saturated heterocycles. The predicted octanol–water partition coefficient (Wildman–Crippen LogP) is 4.14. The largest absolute Gasteiger partial charge is 0.451 e. The van der Waals surface area contributed by atoms with Crippen LogP contribution in [0.25, 0.3) is 21.9 Å². The molecule has 1 aromatic carbocycles. The number of benzene rings is 1. The van der Waals surface area contributed by atoms with Gasteiger partial charge in [0, 0.05) is 29.3 Å². The molecule has 0 saturated carbocycles. The summed E-state index contributed by atoms with van der Waals surface area (Å²) in [6.07, 6.45) is 1.56. The van der Waals surface area contributed by atoms with Gasteiger partial charge in [0.2, 0.25) is 5.43 Å². The van der Waals surface area contributed by atoms with Gasteiger partial charge < -0.3 is 9.15 Å². The lowest BCUT2D eigenvalue weighted by atomic mass is 9.95. The Balaban J connectivity index is 1.98. The number of fused-ring (bicyclic) bond motifs is 2. The fraction of sp³-hybridized carbons (Fsp3) is 0.294. The van der Waals surface area contributed by atoms with E-state index in [4.69, 9.17) is 9.15 Å². The Morgan fingerprint density at radius 2 is 1.96 bits per heavy atom. The van der Waals surface area contributed by atoms with Crippen molar-refractivity contribution in [3.63, 3.8) is 0 Å². The molecule has 1 aliphatic heterocycles. The van der Waals surface area contributed by atoms with Gasteiger partial charge in [0.15, 0.2) is 5.58 Å². The van der Waals surface area contributed by atoms with E-state index < -0.39 is 5.95 Å². The van der Waals surface area contributed by atoms with E-state index >= 15 is 0 Å². The van der Waals surface area contributed by atoms with Crippen molar-refractivity contribution in [3.8, 4) is 0 Å². The minimum absolute atomic E-state index is 0.0827. The zero-order chi connectivity index (χ0) is 16.0. The molecular weight excluding hydrogens is 365 g/mol. The summed E-state index contributed by atoms with van der Waals surface area (Å²) in [5, 5.41) is 0.667. The smallest absolute Gasteiger partial charge is 0.256 e. The second-order valence-corrected chi connectivity index (χ2v) is 6.59. The fourth-order valence-corrected chi connectivity index (χ4v) is 3.37. The van der Waals surface area contributed by atoms with Crippen molar-refractivity contribution >= 4 is 37.9 Å². The standard InChI is InChI=1S/C17H13BrFNO3/c18-10-1-2-14-11(7-10)15(21)12-8-13(9-3-5-22-6-4-9)20-17(19)16(12)23-14/h1-2,7-9H,3-6H2. The monoisotopic (exact) mass is 377 g/mol. The molecule has 1 aliphatic rings. The molecule has 4 nitrogen and oxygen atoms in total. The van der Waals surface area contributed by atoms with E-state index in [1.165, 1.54) is 0 Å². The molecule has 0 spiro atoms. The average Bonchev–Trinajstić information content (AvgIpc) is 2.57. The van der Waals surface area contributed by atoms with Gasteiger partial charge in [-0.05, 0) is 37.1 Å². The SMILES string of the molecule is O=c1c2cc(Br)ccc2oc2c(F)nc(C3CCOCC3)cc12. The molecule has 0 unspecified atom stereocenters. The van der Waals surface area contributed by atoms with Gasteiger partial charge in [0.05, 0.1) is 10.8 Å². The van der Waals surface area contributed by atoms with Gasteiger partial charge in [-0.15, -0.1) is 0 Å². The molecule has 0 aliphatic carbocycles. The van der Waals surface area contributed by atoms with Crippen LogP contribution in [0.1, 0.15) is 24.5 Å². The summed E-state index contributed by atoms with van der Waals surface area (Å²) in [5.74, 6) is -0.619. The highest BCUT2D eigenvalue weighted by molar-refractivity contribution is 9.10. The third-order valence-electron chi connectivity index (χ3n) is 4.23. The number of ether oxygens (including phenoxy) is 1. The van der Waals surface area contributed by atoms with Crippen LogP contribution in [0.2, 0.25) is 0 Å². The van der Waals surface area contributed by atoms with Gasteiger partial charge in [0.1, 0.15) is 5.58 Å². The minimum atomic E-state index is -0.731. The number of nitrogens with zero attached hydrogens (tertiary/aromatic N) is 1. The molecule has 3 aromatic rings. The first-order chi connectivity index (χ1) is 11.1. The van der Waals surface area contributed by atoms with Crippen LogP contribution in [0.5, 0.6) is 0 Å². The maximum atomic E-state index is 14.4. The Morgan fingerprint density at radius 1 is 1.17 bits per heavy atom. The number of rotatable bonds is 1. The summed E-state index contributed by atoms with van der Waals surface area (Å²) >= 11 is 3.34. The summed E-state index contributed by atoms with van der Waals surface area (Å²) < 4.78 is 26.1. The number of pyridine rings is 1. The molecule has 118 valence electrons. The Labute approximate surface area is 139 Å². The van der Waals surface area contributed by atoms with E-state index in [-0.39, 0.29) is 22.3 Å². The van der Waals surface area contributed by atoms with E-state index in [2.05, 4.69) is 20.9 Å². The van der Waals surface area contributed by atoms with Crippen LogP contribution in [0.3, 0.4) is 0 Å². The first-order valence-corrected chi connectivity index (χ1v) is 8.23. The Hall–Kier alpha value is -1.79. The highest BCUT2D eigenvalue weighted by Crippen LogP contribution is 2.29. The Bertz CT molecular complexity index is 963. The van der Waals surface area contributed by atoms with Gasteiger partial charge in [-0.2, -0.15) is 4.39 Å². The van der Waals surface area contributed by atoms with Gasteiger partial charge in [-0.1, -0.05) is 15.9 Å². The van der Waals surface area contributed by atoms with E-state index in [1.54, 1.807) is 24.3 Å². The Morgan fingerprint density at radius 3 is 2.74 bits per heavy atom. The summed E-state index contributed by atoms with van der Waals surface area (Å²) in [7, 11) is 0. The molecular formula is C17H13BrFNO3. The van der Waals surface area contributed by atoms with Crippen LogP contribution in [-0.2, 0) is 4.74 Å². The van der Waals surface area contributed by atoms with Crippen LogP contribution in [0.15, 0.2) is 37.9 Å². The molecule has 6 heteroatoms. The van der Waals surface area contributed by atoms with Crippen LogP contribution in [-0.4, -0.2) is 18.2 Å². The second kappa shape index (κ2) is 5.69. The van der Waals surface area contributed by atoms with E-state index in [0.29, 0.717) is 29.9 Å². The highest BCUT2D eigenvalue weighted by atomic mass is 79.9. The van der Waals surface area contributed by atoms with Crippen LogP contribution >= 0.6 is 15.9 Å². The van der Waals surface area contributed by atoms with E-state index in [1.807, 2.05) is 0 Å². The minimum Gasteiger partial charge on any atom is -0.451 e. The molecule has 4 rings (SSSR count). The maximum Gasteiger partial charge on any atom is 0.256 e. The molecule has 0 radical (unpaired) electrons. The van der Waals surface area contributed by atoms with Gasteiger partial charge in [0.25, 0.3) is 5.95 Å². The van der Waals surface area contributed by atoms with Crippen molar-refractivity contribution in [1.29, 1.82) is 0 Å². The third-order valence-corrected chi connectivity index (χ3v) is 4.73. The quantitative estimate of drug-likeness (QED) is 0.472. The van der Waals surface area contributed by atoms with Crippen molar-refractivity contribution in [2.75, 3.05) is 13.2 Å². The highest BCUT2D eigenvalue weighted by Gasteiger charge is 2.21. The molecule has 2 aromatic heterocycles. The van der Waals surface area contributed by atoms with Gasteiger partial charge >= 0.3 is 0 Å². The van der Waals surface area contributed by atoms with Crippen molar-refractivity contribution in [2.45, 2.75) is 18.8 Å². The van der Waals surface area contributed by atoms with E-state index in [9.17, 15) is 9.18 Å². The molecule has 0 bridgehead atoms. The molecule has 0 atom stereocenters. The predicted molar refractivity (Wildman–Crippen MR) is 88.2 cm³/mol. The van der Waals surface area contributed by atoms with Crippen LogP contribution in [0.4, 0.5) is 4.39 Å². The van der Waals surface area contributed by atoms with Gasteiger partial charge in [-0.3, -0.25) is 4.79 Å². The number of halogens is 2. The second-order valence-electron chi connectivity index (χ2n) is 5.67. The number of hydrogen-bond donors (Lipinski definition) is 0. The normalized spacial score (nSPS) is 16.3. The summed E-state index contributed by atoms with van der Waals surface area (Å²) in [6, 6.07) is 6.75. The molecule has 0 amide bonds. The van der Waals surface area contributed by atoms with Gasteiger partial charge in [-0.25, -0.2) is 4.98 Å². The van der Waals surface area contributed by atoms with Crippen molar-refractivity contribution < 1.29 is 13.5 Å². The topological polar surface area (TPSA) is 52.3 Å². The molecule has 0 N–H and O–H groups in total. The lowest BCUT2D eigenvalue weighted by Gasteiger charge is -2.21. The third kappa shape index (κ3) is 2.56. The zero-order valence-corrected chi connectivity index (χ0v) is 13.7. The first kappa shape index (κ1) is 14.8. The Kier molecular flexibility index (Phi) is 3.66. The maximum absolute atomic E-state index is 14.4. The average molecular weight is 378 g/mol. The number of hydrogen-bond acceptors (Lipinski definition) is 4. The van der Waals surface area contributed by atoms with Crippen molar-refractivity contribution in [2.24, 2.45) is 0 Å². The summed E-state index contributed by atoms with van der Waals surface area (Å²) in [5.41, 5.74) is 0.628. The lowest BCUT2D eigenvalue weighted by molar-refractivity contribution is 0.0843. The molecule has 1 fully saturated rings. The molecule has 3 heterocycles. The van der Waals surface area contributed by atoms with E-state index in [0.717, 1.165) is 17.3 Å². The van der Waals surface area contributed by atoms with Crippen molar-refractivity contribution in [1.82, 2.24) is 4.98 Å². The van der Waals surface area contributed by atoms with Crippen LogP contribution < -0.4 is 5.43 Å². The van der Waals surface area contributed by atoms with Crippen LogP contribution in [0, 0.1) is 5.95 Å². The first-order valence-electron chi connectivity index (χ1n) is 7.44. The van der Waals surface area contributed by atoms with Crippen molar-refractivity contribution in [3.05, 3.63) is 50.6 Å².